The molecule has 0 aromatic heterocycles. The molecule has 1 N–H and O–H groups in total. The Morgan fingerprint density at radius 1 is 1.28 bits per heavy atom. The molecule has 18 heavy (non-hydrogen) atoms. The highest BCUT2D eigenvalue weighted by atomic mass is 16.5. The third-order valence-electron chi connectivity index (χ3n) is 3.68. The first-order valence-electron chi connectivity index (χ1n) is 7.34. The Bertz CT molecular complexity index is 345. The molecule has 2 nitrogen and oxygen atoms in total. The Labute approximate surface area is 111 Å². The van der Waals surface area contributed by atoms with Gasteiger partial charge in [-0.2, -0.15) is 0 Å². The van der Waals surface area contributed by atoms with Gasteiger partial charge in [0.2, 0.25) is 0 Å². The molecule has 1 atom stereocenters. The smallest absolute Gasteiger partial charge is 0.122 e. The number of rotatable bonds is 6. The fourth-order valence-corrected chi connectivity index (χ4v) is 2.72. The van der Waals surface area contributed by atoms with Crippen LogP contribution in [0.25, 0.3) is 0 Å². The summed E-state index contributed by atoms with van der Waals surface area (Å²) in [4.78, 5) is 0. The van der Waals surface area contributed by atoms with Crippen molar-refractivity contribution in [1.82, 2.24) is 5.32 Å². The standard InChI is InChI=1S/C16H25NO/c1-2-18-16-12-4-3-8-14(16)9-7-11-15-10-5-6-13-17-15/h3-4,8,12,15,17H,2,5-7,9-11,13H2,1H3. The number of ether oxygens (including phenoxy) is 1. The van der Waals surface area contributed by atoms with Crippen molar-refractivity contribution < 1.29 is 4.74 Å². The highest BCUT2D eigenvalue weighted by Crippen LogP contribution is 2.21. The quantitative estimate of drug-likeness (QED) is 0.830. The molecule has 1 saturated heterocycles. The van der Waals surface area contributed by atoms with Crippen molar-refractivity contribution in [2.75, 3.05) is 13.2 Å². The van der Waals surface area contributed by atoms with Gasteiger partial charge in [-0.15, -0.1) is 0 Å². The molecule has 0 amide bonds. The maximum atomic E-state index is 5.66. The average molecular weight is 247 g/mol. The number of nitrogens with one attached hydrogen (secondary N) is 1. The number of piperidine rings is 1. The number of benzene rings is 1. The van der Waals surface area contributed by atoms with E-state index < -0.39 is 0 Å². The zero-order valence-corrected chi connectivity index (χ0v) is 11.5. The average Bonchev–Trinajstić information content (AvgIpc) is 2.42. The van der Waals surface area contributed by atoms with Crippen LogP contribution in [0.2, 0.25) is 0 Å². The summed E-state index contributed by atoms with van der Waals surface area (Å²) in [6.45, 7) is 4.00. The first-order chi connectivity index (χ1) is 8.90. The molecule has 1 aromatic rings. The SMILES string of the molecule is CCOc1ccccc1CCCC1CCCCN1. The van der Waals surface area contributed by atoms with Crippen molar-refractivity contribution >= 4 is 0 Å². The van der Waals surface area contributed by atoms with Gasteiger partial charge in [-0.1, -0.05) is 24.6 Å². The van der Waals surface area contributed by atoms with Gasteiger partial charge in [0.05, 0.1) is 6.61 Å². The van der Waals surface area contributed by atoms with Gasteiger partial charge in [0.25, 0.3) is 0 Å². The van der Waals surface area contributed by atoms with Gasteiger partial charge in [-0.25, -0.2) is 0 Å². The van der Waals surface area contributed by atoms with Crippen molar-refractivity contribution in [1.29, 1.82) is 0 Å². The molecule has 1 heterocycles. The van der Waals surface area contributed by atoms with Crippen LogP contribution in [-0.2, 0) is 6.42 Å². The monoisotopic (exact) mass is 247 g/mol. The second-order valence-electron chi connectivity index (χ2n) is 5.08. The van der Waals surface area contributed by atoms with E-state index in [0.717, 1.165) is 24.8 Å². The van der Waals surface area contributed by atoms with Gasteiger partial charge in [0.15, 0.2) is 0 Å². The lowest BCUT2D eigenvalue weighted by atomic mass is 9.98. The van der Waals surface area contributed by atoms with Gasteiger partial charge < -0.3 is 10.1 Å². The van der Waals surface area contributed by atoms with E-state index in [1.807, 2.05) is 6.92 Å². The Kier molecular flexibility index (Phi) is 5.53. The summed E-state index contributed by atoms with van der Waals surface area (Å²) in [5.74, 6) is 1.07. The molecular weight excluding hydrogens is 222 g/mol. The second-order valence-corrected chi connectivity index (χ2v) is 5.08. The molecule has 1 aliphatic heterocycles. The lowest BCUT2D eigenvalue weighted by molar-refractivity contribution is 0.334. The van der Waals surface area contributed by atoms with E-state index in [9.17, 15) is 0 Å². The molecule has 0 spiro atoms. The maximum absolute atomic E-state index is 5.66. The molecule has 1 fully saturated rings. The van der Waals surface area contributed by atoms with Crippen LogP contribution in [0.5, 0.6) is 5.75 Å². The summed E-state index contributed by atoms with van der Waals surface area (Å²) < 4.78 is 5.66. The highest BCUT2D eigenvalue weighted by molar-refractivity contribution is 5.33. The van der Waals surface area contributed by atoms with Crippen molar-refractivity contribution in [2.24, 2.45) is 0 Å². The van der Waals surface area contributed by atoms with Crippen molar-refractivity contribution in [3.8, 4) is 5.75 Å². The molecule has 100 valence electrons. The van der Waals surface area contributed by atoms with Crippen molar-refractivity contribution in [2.45, 2.75) is 51.5 Å². The normalized spacial score (nSPS) is 19.7. The number of para-hydroxylation sites is 1. The zero-order chi connectivity index (χ0) is 12.6. The van der Waals surface area contributed by atoms with E-state index in [1.165, 1.54) is 44.2 Å². The minimum absolute atomic E-state index is 0.748. The van der Waals surface area contributed by atoms with Crippen molar-refractivity contribution in [3.63, 3.8) is 0 Å². The number of aryl methyl sites for hydroxylation is 1. The summed E-state index contributed by atoms with van der Waals surface area (Å²) in [5, 5.41) is 3.61. The van der Waals surface area contributed by atoms with E-state index in [1.54, 1.807) is 0 Å². The Balaban J connectivity index is 1.78. The predicted molar refractivity (Wildman–Crippen MR) is 76.2 cm³/mol. The van der Waals surface area contributed by atoms with Gasteiger partial charge in [0, 0.05) is 6.04 Å². The topological polar surface area (TPSA) is 21.3 Å². The minimum atomic E-state index is 0.748. The molecule has 2 heteroatoms. The molecule has 1 aromatic carbocycles. The van der Waals surface area contributed by atoms with E-state index in [0.29, 0.717) is 0 Å². The summed E-state index contributed by atoms with van der Waals surface area (Å²) >= 11 is 0. The summed E-state index contributed by atoms with van der Waals surface area (Å²) in [7, 11) is 0. The predicted octanol–water partition coefficient (Wildman–Crippen LogP) is 3.55. The second kappa shape index (κ2) is 7.42. The zero-order valence-electron chi connectivity index (χ0n) is 11.5. The molecule has 2 rings (SSSR count). The van der Waals surface area contributed by atoms with Crippen LogP contribution in [0.1, 0.15) is 44.6 Å². The summed E-state index contributed by atoms with van der Waals surface area (Å²) in [5.41, 5.74) is 1.36. The van der Waals surface area contributed by atoms with Crippen LogP contribution in [0, 0.1) is 0 Å². The van der Waals surface area contributed by atoms with Gasteiger partial charge >= 0.3 is 0 Å². The fourth-order valence-electron chi connectivity index (χ4n) is 2.72. The van der Waals surface area contributed by atoms with Crippen molar-refractivity contribution in [3.05, 3.63) is 29.8 Å². The van der Waals surface area contributed by atoms with Crippen LogP contribution >= 0.6 is 0 Å². The van der Waals surface area contributed by atoms with Gasteiger partial charge in [-0.05, 0) is 57.2 Å². The highest BCUT2D eigenvalue weighted by Gasteiger charge is 2.12. The van der Waals surface area contributed by atoms with E-state index in [2.05, 4.69) is 29.6 Å². The molecule has 0 radical (unpaired) electrons. The Morgan fingerprint density at radius 3 is 2.94 bits per heavy atom. The van der Waals surface area contributed by atoms with Crippen LogP contribution in [-0.4, -0.2) is 19.2 Å². The third kappa shape index (κ3) is 4.02. The number of hydrogen-bond donors (Lipinski definition) is 1. The molecule has 1 aliphatic rings. The molecule has 0 aliphatic carbocycles. The molecule has 0 bridgehead atoms. The van der Waals surface area contributed by atoms with Crippen LogP contribution < -0.4 is 10.1 Å². The first-order valence-corrected chi connectivity index (χ1v) is 7.34. The minimum Gasteiger partial charge on any atom is -0.494 e. The fraction of sp³-hybridized carbons (Fsp3) is 0.625. The summed E-state index contributed by atoms with van der Waals surface area (Å²) in [6.07, 6.45) is 7.78. The lowest BCUT2D eigenvalue weighted by Crippen LogP contribution is -2.33. The van der Waals surface area contributed by atoms with E-state index >= 15 is 0 Å². The first kappa shape index (κ1) is 13.4. The number of hydrogen-bond acceptors (Lipinski definition) is 2. The van der Waals surface area contributed by atoms with E-state index in [-0.39, 0.29) is 0 Å². The Morgan fingerprint density at radius 2 is 2.17 bits per heavy atom. The maximum Gasteiger partial charge on any atom is 0.122 e. The Hall–Kier alpha value is -1.02. The third-order valence-corrected chi connectivity index (χ3v) is 3.68. The van der Waals surface area contributed by atoms with Crippen LogP contribution in [0.15, 0.2) is 24.3 Å². The molecule has 0 saturated carbocycles. The molecule has 1 unspecified atom stereocenters. The van der Waals surface area contributed by atoms with E-state index in [4.69, 9.17) is 4.74 Å². The van der Waals surface area contributed by atoms with Gasteiger partial charge in [-0.3, -0.25) is 0 Å². The summed E-state index contributed by atoms with van der Waals surface area (Å²) in [6, 6.07) is 9.18. The largest absolute Gasteiger partial charge is 0.494 e. The van der Waals surface area contributed by atoms with Crippen LogP contribution in [0.4, 0.5) is 0 Å². The van der Waals surface area contributed by atoms with Gasteiger partial charge in [0.1, 0.15) is 5.75 Å². The van der Waals surface area contributed by atoms with Crippen LogP contribution in [0.3, 0.4) is 0 Å². The molecular formula is C16H25NO. The lowest BCUT2D eigenvalue weighted by Gasteiger charge is -2.23.